The van der Waals surface area contributed by atoms with Gasteiger partial charge >= 0.3 is 0 Å². The lowest BCUT2D eigenvalue weighted by Crippen LogP contribution is -2.26. The van der Waals surface area contributed by atoms with Gasteiger partial charge in [-0.15, -0.1) is 0 Å². The minimum atomic E-state index is -0.403. The quantitative estimate of drug-likeness (QED) is 0.646. The van der Waals surface area contributed by atoms with Gasteiger partial charge in [-0.3, -0.25) is 4.79 Å². The van der Waals surface area contributed by atoms with Gasteiger partial charge in [0.1, 0.15) is 6.61 Å². The van der Waals surface area contributed by atoms with Gasteiger partial charge in [-0.2, -0.15) is 0 Å². The highest BCUT2D eigenvalue weighted by Crippen LogP contribution is 1.68. The summed E-state index contributed by atoms with van der Waals surface area (Å²) in [6.45, 7) is 6.46. The summed E-state index contributed by atoms with van der Waals surface area (Å²) >= 11 is 0. The van der Waals surface area contributed by atoms with Crippen molar-refractivity contribution in [2.45, 2.75) is 33.6 Å². The molecule has 0 saturated carbocycles. The second-order valence-electron chi connectivity index (χ2n) is 2.22. The number of carbonyl (C=O) groups excluding carboxylic acids is 1. The predicted molar refractivity (Wildman–Crippen MR) is 46.4 cm³/mol. The summed E-state index contributed by atoms with van der Waals surface area (Å²) in [5.74, 6) is -0.299. The van der Waals surface area contributed by atoms with Crippen molar-refractivity contribution in [3.05, 3.63) is 0 Å². The average Bonchev–Trinajstić information content (AvgIpc) is 2.02. The van der Waals surface area contributed by atoms with Crippen LogP contribution in [-0.4, -0.2) is 24.2 Å². The first kappa shape index (κ1) is 13.1. The Morgan fingerprint density at radius 3 is 2.09 bits per heavy atom. The molecule has 68 valence electrons. The highest BCUT2D eigenvalue weighted by Gasteiger charge is 1.91. The van der Waals surface area contributed by atoms with Crippen molar-refractivity contribution in [3.63, 3.8) is 0 Å². The Kier molecular flexibility index (Phi) is 14.4. The molecule has 0 heterocycles. The lowest BCUT2D eigenvalue weighted by Gasteiger charge is -1.96. The molecular weight excluding hydrogens is 142 g/mol. The normalized spacial score (nSPS) is 8.00. The average molecular weight is 161 g/mol. The van der Waals surface area contributed by atoms with Crippen LogP contribution in [0.2, 0.25) is 0 Å². The molecule has 3 nitrogen and oxygen atoms in total. The molecule has 1 amide bonds. The summed E-state index contributed by atoms with van der Waals surface area (Å²) in [5.41, 5.74) is 0. The first-order valence-corrected chi connectivity index (χ1v) is 4.10. The number of hydrogen-bond acceptors (Lipinski definition) is 2. The standard InChI is InChI=1S/C5H11NO2.C3H8/c1-2-3-6-5(8)4-7;1-3-2/h7H,2-4H2,1H3,(H,6,8);3H2,1-2H3. The topological polar surface area (TPSA) is 49.3 Å². The fourth-order valence-electron chi connectivity index (χ4n) is 0.320. The minimum absolute atomic E-state index is 0.299. The van der Waals surface area contributed by atoms with E-state index in [1.54, 1.807) is 0 Å². The van der Waals surface area contributed by atoms with E-state index >= 15 is 0 Å². The van der Waals surface area contributed by atoms with Crippen LogP contribution in [0.5, 0.6) is 0 Å². The molecule has 0 bridgehead atoms. The van der Waals surface area contributed by atoms with Gasteiger partial charge < -0.3 is 10.4 Å². The van der Waals surface area contributed by atoms with Gasteiger partial charge in [0, 0.05) is 6.54 Å². The zero-order valence-corrected chi connectivity index (χ0v) is 7.68. The van der Waals surface area contributed by atoms with Crippen molar-refractivity contribution in [1.29, 1.82) is 0 Å². The van der Waals surface area contributed by atoms with E-state index < -0.39 is 6.61 Å². The highest BCUT2D eigenvalue weighted by molar-refractivity contribution is 5.76. The molecule has 0 unspecified atom stereocenters. The van der Waals surface area contributed by atoms with Gasteiger partial charge in [0.05, 0.1) is 0 Å². The summed E-state index contributed by atoms with van der Waals surface area (Å²) in [7, 11) is 0. The van der Waals surface area contributed by atoms with Crippen LogP contribution in [0.4, 0.5) is 0 Å². The van der Waals surface area contributed by atoms with Crippen molar-refractivity contribution < 1.29 is 9.90 Å². The van der Waals surface area contributed by atoms with Gasteiger partial charge in [-0.25, -0.2) is 0 Å². The molecule has 0 aliphatic carbocycles. The van der Waals surface area contributed by atoms with Crippen molar-refractivity contribution in [3.8, 4) is 0 Å². The lowest BCUT2D eigenvalue weighted by molar-refractivity contribution is -0.123. The number of rotatable bonds is 3. The minimum Gasteiger partial charge on any atom is -0.387 e. The summed E-state index contributed by atoms with van der Waals surface area (Å²) in [5, 5.41) is 10.6. The van der Waals surface area contributed by atoms with Crippen LogP contribution in [0, 0.1) is 0 Å². The summed E-state index contributed by atoms with van der Waals surface area (Å²) in [6.07, 6.45) is 2.16. The van der Waals surface area contributed by atoms with Crippen LogP contribution < -0.4 is 5.32 Å². The van der Waals surface area contributed by atoms with E-state index in [9.17, 15) is 4.79 Å². The van der Waals surface area contributed by atoms with Gasteiger partial charge in [0.25, 0.3) is 0 Å². The van der Waals surface area contributed by atoms with Crippen molar-refractivity contribution in [2.75, 3.05) is 13.2 Å². The largest absolute Gasteiger partial charge is 0.387 e. The highest BCUT2D eigenvalue weighted by atomic mass is 16.3. The first-order chi connectivity index (χ1) is 5.22. The molecule has 0 aromatic heterocycles. The summed E-state index contributed by atoms with van der Waals surface area (Å²) in [6, 6.07) is 0. The van der Waals surface area contributed by atoms with Gasteiger partial charge in [-0.05, 0) is 6.42 Å². The van der Waals surface area contributed by atoms with Crippen LogP contribution in [0.3, 0.4) is 0 Å². The Morgan fingerprint density at radius 1 is 1.36 bits per heavy atom. The number of carbonyl (C=O) groups is 1. The second-order valence-corrected chi connectivity index (χ2v) is 2.22. The van der Waals surface area contributed by atoms with Crippen molar-refractivity contribution >= 4 is 5.91 Å². The Morgan fingerprint density at radius 2 is 1.82 bits per heavy atom. The van der Waals surface area contributed by atoms with Gasteiger partial charge in [-0.1, -0.05) is 27.2 Å². The molecular formula is C8H19NO2. The van der Waals surface area contributed by atoms with Crippen LogP contribution >= 0.6 is 0 Å². The Labute approximate surface area is 68.8 Å². The van der Waals surface area contributed by atoms with E-state index in [-0.39, 0.29) is 5.91 Å². The van der Waals surface area contributed by atoms with Crippen LogP contribution in [0.1, 0.15) is 33.6 Å². The molecule has 0 radical (unpaired) electrons. The van der Waals surface area contributed by atoms with Crippen LogP contribution in [0.25, 0.3) is 0 Å². The van der Waals surface area contributed by atoms with Crippen LogP contribution in [-0.2, 0) is 4.79 Å². The maximum absolute atomic E-state index is 10.2. The first-order valence-electron chi connectivity index (χ1n) is 4.10. The molecule has 0 saturated heterocycles. The predicted octanol–water partition coefficient (Wildman–Crippen LogP) is 0.921. The molecule has 0 aromatic rings. The third-order valence-electron chi connectivity index (χ3n) is 0.716. The van der Waals surface area contributed by atoms with E-state index in [0.717, 1.165) is 6.42 Å². The number of nitrogens with one attached hydrogen (secondary N) is 1. The third-order valence-corrected chi connectivity index (χ3v) is 0.716. The smallest absolute Gasteiger partial charge is 0.245 e. The lowest BCUT2D eigenvalue weighted by atomic mass is 10.5. The molecule has 0 fully saturated rings. The molecule has 0 aliphatic rings. The van der Waals surface area contributed by atoms with Crippen LogP contribution in [0.15, 0.2) is 0 Å². The zero-order chi connectivity index (χ0) is 9.11. The van der Waals surface area contributed by atoms with E-state index in [4.69, 9.17) is 5.11 Å². The van der Waals surface area contributed by atoms with E-state index in [1.165, 1.54) is 6.42 Å². The maximum atomic E-state index is 10.2. The number of amides is 1. The Hall–Kier alpha value is -0.570. The Bertz CT molecular complexity index is 84.2. The maximum Gasteiger partial charge on any atom is 0.245 e. The van der Waals surface area contributed by atoms with E-state index in [1.807, 2.05) is 6.92 Å². The molecule has 11 heavy (non-hydrogen) atoms. The molecule has 0 aromatic carbocycles. The molecule has 0 spiro atoms. The number of hydrogen-bond donors (Lipinski definition) is 2. The van der Waals surface area contributed by atoms with Crippen molar-refractivity contribution in [2.24, 2.45) is 0 Å². The third kappa shape index (κ3) is 17.7. The zero-order valence-electron chi connectivity index (χ0n) is 7.68. The fourth-order valence-corrected chi connectivity index (χ4v) is 0.320. The van der Waals surface area contributed by atoms with E-state index in [0.29, 0.717) is 6.54 Å². The number of aliphatic hydroxyl groups excluding tert-OH is 1. The van der Waals surface area contributed by atoms with E-state index in [2.05, 4.69) is 19.2 Å². The monoisotopic (exact) mass is 161 g/mol. The number of aliphatic hydroxyl groups is 1. The molecule has 3 heteroatoms. The molecule has 0 rings (SSSR count). The molecule has 2 N–H and O–H groups in total. The summed E-state index contributed by atoms with van der Waals surface area (Å²) in [4.78, 5) is 10.2. The summed E-state index contributed by atoms with van der Waals surface area (Å²) < 4.78 is 0. The van der Waals surface area contributed by atoms with Crippen molar-refractivity contribution in [1.82, 2.24) is 5.32 Å². The SMILES string of the molecule is CCC.CCCNC(=O)CO. The Balaban J connectivity index is 0. The van der Waals surface area contributed by atoms with Gasteiger partial charge in [0.2, 0.25) is 5.91 Å². The van der Waals surface area contributed by atoms with Gasteiger partial charge in [0.15, 0.2) is 0 Å². The molecule has 0 atom stereocenters. The second kappa shape index (κ2) is 12.1. The fraction of sp³-hybridized carbons (Fsp3) is 0.875. The molecule has 0 aliphatic heterocycles.